The summed E-state index contributed by atoms with van der Waals surface area (Å²) in [6.07, 6.45) is 0.852. The van der Waals surface area contributed by atoms with Crippen molar-refractivity contribution in [3.8, 4) is 0 Å². The maximum Gasteiger partial charge on any atom is 0.338 e. The molecular formula is C24H18Br3NO5. The average molecular weight is 640 g/mol. The van der Waals surface area contributed by atoms with E-state index in [1.807, 2.05) is 0 Å². The Morgan fingerprint density at radius 3 is 2.12 bits per heavy atom. The lowest BCUT2D eigenvalue weighted by molar-refractivity contribution is -0.123. The highest BCUT2D eigenvalue weighted by molar-refractivity contribution is 9.12. The van der Waals surface area contributed by atoms with E-state index in [4.69, 9.17) is 4.74 Å². The normalized spacial score (nSPS) is 30.0. The first-order chi connectivity index (χ1) is 15.8. The third-order valence-corrected chi connectivity index (χ3v) is 10.6. The molecule has 2 aromatic rings. The van der Waals surface area contributed by atoms with Crippen LogP contribution in [0.2, 0.25) is 0 Å². The van der Waals surface area contributed by atoms with Gasteiger partial charge in [0.1, 0.15) is 0 Å². The number of Topliss-reactive ketones (excluding diaryl/α,β-unsaturated/α-hetero) is 1. The van der Waals surface area contributed by atoms with Crippen LogP contribution < -0.4 is 4.90 Å². The van der Waals surface area contributed by atoms with Crippen LogP contribution in [0.25, 0.3) is 0 Å². The zero-order valence-corrected chi connectivity index (χ0v) is 21.9. The summed E-state index contributed by atoms with van der Waals surface area (Å²) in [5.74, 6) is -1.88. The number of ether oxygens (including phenoxy) is 1. The molecule has 0 aromatic heterocycles. The monoisotopic (exact) mass is 637 g/mol. The highest BCUT2D eigenvalue weighted by atomic mass is 79.9. The van der Waals surface area contributed by atoms with E-state index in [2.05, 4.69) is 47.8 Å². The maximum absolute atomic E-state index is 13.2. The van der Waals surface area contributed by atoms with Crippen LogP contribution in [-0.2, 0) is 14.3 Å². The van der Waals surface area contributed by atoms with Crippen LogP contribution in [0.15, 0.2) is 53.0 Å². The van der Waals surface area contributed by atoms with Gasteiger partial charge in [-0.2, -0.15) is 0 Å². The summed E-state index contributed by atoms with van der Waals surface area (Å²) >= 11 is 10.7. The number of esters is 1. The van der Waals surface area contributed by atoms with E-state index in [1.54, 1.807) is 36.4 Å². The molecule has 2 amide bonds. The molecule has 1 aliphatic heterocycles. The summed E-state index contributed by atoms with van der Waals surface area (Å²) in [7, 11) is 0. The quantitative estimate of drug-likeness (QED) is 0.204. The Morgan fingerprint density at radius 2 is 1.52 bits per heavy atom. The van der Waals surface area contributed by atoms with Gasteiger partial charge in [0.05, 0.1) is 23.1 Å². The average Bonchev–Trinajstić information content (AvgIpc) is 3.42. The van der Waals surface area contributed by atoms with E-state index in [9.17, 15) is 19.2 Å². The Hall–Kier alpha value is -1.84. The SMILES string of the molecule is O=C(COC(=O)c1cccc(N2C(=O)[C@@H]3[C@H]4C[C@@H]([C@@H](Br)[C@H]4Br)[C@H]3C2=O)c1)c1ccc(Br)cc1. The smallest absolute Gasteiger partial charge is 0.338 e. The number of halogens is 3. The first-order valence-electron chi connectivity index (χ1n) is 10.5. The third-order valence-electron chi connectivity index (χ3n) is 6.83. The van der Waals surface area contributed by atoms with Crippen molar-refractivity contribution in [1.82, 2.24) is 0 Å². The van der Waals surface area contributed by atoms with Crippen molar-refractivity contribution in [2.45, 2.75) is 16.1 Å². The fourth-order valence-corrected chi connectivity index (χ4v) is 7.45. The molecule has 0 N–H and O–H groups in total. The van der Waals surface area contributed by atoms with Crippen LogP contribution in [0.3, 0.4) is 0 Å². The lowest BCUT2D eigenvalue weighted by atomic mass is 9.81. The lowest BCUT2D eigenvalue weighted by Crippen LogP contribution is -2.37. The standard InChI is InChI=1S/C24H18Br3NO5/c25-13-6-4-11(5-7-13)17(29)10-33-24(32)12-2-1-3-14(8-12)28-22(30)18-15-9-16(19(18)23(28)31)21(27)20(15)26/h1-8,15-16,18-21H,9-10H2/t15-,16-,18-,19-,20-,21+/m1/s1. The van der Waals surface area contributed by atoms with Crippen LogP contribution >= 0.6 is 47.8 Å². The second-order valence-electron chi connectivity index (χ2n) is 8.57. The molecule has 6 nitrogen and oxygen atoms in total. The molecule has 2 bridgehead atoms. The number of ketones is 1. The molecule has 2 aromatic carbocycles. The molecule has 6 atom stereocenters. The molecule has 0 unspecified atom stereocenters. The minimum absolute atomic E-state index is 0.114. The number of hydrogen-bond acceptors (Lipinski definition) is 5. The second-order valence-corrected chi connectivity index (χ2v) is 11.6. The van der Waals surface area contributed by atoms with Gasteiger partial charge in [-0.25, -0.2) is 4.79 Å². The molecule has 1 saturated heterocycles. The van der Waals surface area contributed by atoms with E-state index in [0.29, 0.717) is 11.3 Å². The largest absolute Gasteiger partial charge is 0.454 e. The number of benzene rings is 2. The summed E-state index contributed by atoms with van der Waals surface area (Å²) in [5, 5.41) is 0. The van der Waals surface area contributed by atoms with E-state index < -0.39 is 12.6 Å². The molecule has 3 aliphatic rings. The summed E-state index contributed by atoms with van der Waals surface area (Å²) < 4.78 is 6.03. The van der Waals surface area contributed by atoms with Crippen LogP contribution in [0.4, 0.5) is 5.69 Å². The van der Waals surface area contributed by atoms with Crippen molar-refractivity contribution in [3.05, 3.63) is 64.1 Å². The molecule has 170 valence electrons. The number of imide groups is 1. The molecule has 9 heteroatoms. The Kier molecular flexibility index (Phi) is 6.07. The first kappa shape index (κ1) is 22.9. The number of nitrogens with zero attached hydrogens (tertiary/aromatic N) is 1. The van der Waals surface area contributed by atoms with Gasteiger partial charge in [-0.1, -0.05) is 66.0 Å². The van der Waals surface area contributed by atoms with Crippen molar-refractivity contribution in [3.63, 3.8) is 0 Å². The molecule has 0 spiro atoms. The van der Waals surface area contributed by atoms with Crippen molar-refractivity contribution in [2.75, 3.05) is 11.5 Å². The number of rotatable bonds is 5. The Morgan fingerprint density at radius 1 is 0.909 bits per heavy atom. The van der Waals surface area contributed by atoms with Gasteiger partial charge in [0.25, 0.3) is 0 Å². The predicted molar refractivity (Wildman–Crippen MR) is 132 cm³/mol. The number of alkyl halides is 2. The molecule has 33 heavy (non-hydrogen) atoms. The fraction of sp³-hybridized carbons (Fsp3) is 0.333. The van der Waals surface area contributed by atoms with Gasteiger partial charge in [0.2, 0.25) is 11.8 Å². The number of fused-ring (bicyclic) bond motifs is 5. The molecule has 2 aliphatic carbocycles. The molecule has 3 fully saturated rings. The molecule has 1 heterocycles. The zero-order valence-electron chi connectivity index (χ0n) is 17.1. The van der Waals surface area contributed by atoms with Gasteiger partial charge >= 0.3 is 5.97 Å². The summed E-state index contributed by atoms with van der Waals surface area (Å²) in [6, 6.07) is 13.0. The topological polar surface area (TPSA) is 80.8 Å². The van der Waals surface area contributed by atoms with Crippen LogP contribution in [-0.4, -0.2) is 39.8 Å². The molecular weight excluding hydrogens is 622 g/mol. The van der Waals surface area contributed by atoms with E-state index >= 15 is 0 Å². The number of carbonyl (C=O) groups excluding carboxylic acids is 4. The Balaban J connectivity index is 1.31. The van der Waals surface area contributed by atoms with Gasteiger partial charge in [0, 0.05) is 19.7 Å². The van der Waals surface area contributed by atoms with E-state index in [-0.39, 0.29) is 56.5 Å². The predicted octanol–water partition coefficient (Wildman–Crippen LogP) is 4.77. The van der Waals surface area contributed by atoms with Gasteiger partial charge in [0.15, 0.2) is 12.4 Å². The van der Waals surface area contributed by atoms with Gasteiger partial charge < -0.3 is 4.74 Å². The number of amides is 2. The molecule has 5 rings (SSSR count). The second kappa shape index (κ2) is 8.74. The molecule has 2 saturated carbocycles. The van der Waals surface area contributed by atoms with E-state index in [1.165, 1.54) is 17.0 Å². The van der Waals surface area contributed by atoms with Crippen molar-refractivity contribution >= 4 is 77.0 Å². The third kappa shape index (κ3) is 3.82. The van der Waals surface area contributed by atoms with Crippen molar-refractivity contribution < 1.29 is 23.9 Å². The van der Waals surface area contributed by atoms with E-state index in [0.717, 1.165) is 10.9 Å². The summed E-state index contributed by atoms with van der Waals surface area (Å²) in [5.41, 5.74) is 0.961. The first-order valence-corrected chi connectivity index (χ1v) is 13.1. The maximum atomic E-state index is 13.2. The number of anilines is 1. The zero-order chi connectivity index (χ0) is 23.4. The number of carbonyl (C=O) groups is 4. The van der Waals surface area contributed by atoms with Gasteiger partial charge in [-0.15, -0.1) is 0 Å². The highest BCUT2D eigenvalue weighted by Gasteiger charge is 2.66. The lowest BCUT2D eigenvalue weighted by Gasteiger charge is -2.28. The summed E-state index contributed by atoms with van der Waals surface area (Å²) in [4.78, 5) is 52.8. The highest BCUT2D eigenvalue weighted by Crippen LogP contribution is 2.60. The van der Waals surface area contributed by atoms with Crippen LogP contribution in [0.1, 0.15) is 27.1 Å². The van der Waals surface area contributed by atoms with Crippen molar-refractivity contribution in [2.24, 2.45) is 23.7 Å². The van der Waals surface area contributed by atoms with Gasteiger partial charge in [-0.05, 0) is 48.6 Å². The minimum atomic E-state index is -0.692. The fourth-order valence-electron chi connectivity index (χ4n) is 5.31. The summed E-state index contributed by atoms with van der Waals surface area (Å²) in [6.45, 7) is -0.404. The Bertz CT molecular complexity index is 1130. The van der Waals surface area contributed by atoms with Crippen molar-refractivity contribution in [1.29, 1.82) is 0 Å². The minimum Gasteiger partial charge on any atom is -0.454 e. The van der Waals surface area contributed by atoms with Crippen LogP contribution in [0.5, 0.6) is 0 Å². The van der Waals surface area contributed by atoms with Gasteiger partial charge in [-0.3, -0.25) is 19.3 Å². The number of hydrogen-bond donors (Lipinski definition) is 0. The molecule has 0 radical (unpaired) electrons. The van der Waals surface area contributed by atoms with Crippen LogP contribution in [0, 0.1) is 23.7 Å². The Labute approximate surface area is 215 Å².